The molecular weight excluding hydrogens is 286 g/mol. The fourth-order valence-electron chi connectivity index (χ4n) is 2.48. The van der Waals surface area contributed by atoms with Crippen LogP contribution in [0.2, 0.25) is 0 Å². The topological polar surface area (TPSA) is 53.9 Å². The van der Waals surface area contributed by atoms with Gasteiger partial charge in [-0.1, -0.05) is 38.1 Å². The quantitative estimate of drug-likeness (QED) is 0.791. The Hall–Kier alpha value is -2.43. The van der Waals surface area contributed by atoms with Gasteiger partial charge in [-0.2, -0.15) is 15.0 Å². The molecule has 1 heterocycles. The van der Waals surface area contributed by atoms with Crippen LogP contribution in [-0.4, -0.2) is 28.5 Å². The first-order valence-corrected chi connectivity index (χ1v) is 8.01. The summed E-state index contributed by atoms with van der Waals surface area (Å²) in [4.78, 5) is 15.3. The fraction of sp³-hybridized carbons (Fsp3) is 0.389. The Labute approximate surface area is 138 Å². The summed E-state index contributed by atoms with van der Waals surface area (Å²) in [6, 6.07) is 6.38. The third kappa shape index (κ3) is 4.06. The number of para-hydroxylation sites is 1. The molecule has 23 heavy (non-hydrogen) atoms. The molecule has 5 heteroatoms. The van der Waals surface area contributed by atoms with E-state index < -0.39 is 0 Å². The Morgan fingerprint density at radius 1 is 1.13 bits per heavy atom. The number of nitrogens with one attached hydrogen (secondary N) is 1. The van der Waals surface area contributed by atoms with Crippen LogP contribution in [0.3, 0.4) is 0 Å². The lowest BCUT2D eigenvalue weighted by molar-refractivity contribution is 0.892. The molecule has 0 spiro atoms. The van der Waals surface area contributed by atoms with E-state index >= 15 is 0 Å². The summed E-state index contributed by atoms with van der Waals surface area (Å²) < 4.78 is 0. The second kappa shape index (κ2) is 7.72. The predicted octanol–water partition coefficient (Wildman–Crippen LogP) is 3.67. The molecule has 1 aromatic carbocycles. The number of nitrogens with zero attached hydrogens (tertiary/aromatic N) is 4. The van der Waals surface area contributed by atoms with Crippen molar-refractivity contribution < 1.29 is 0 Å². The van der Waals surface area contributed by atoms with Gasteiger partial charge in [-0.05, 0) is 30.9 Å². The Morgan fingerprint density at radius 3 is 2.35 bits per heavy atom. The number of aromatic nitrogens is 3. The highest BCUT2D eigenvalue weighted by molar-refractivity contribution is 5.64. The van der Waals surface area contributed by atoms with Gasteiger partial charge in [0, 0.05) is 19.3 Å². The summed E-state index contributed by atoms with van der Waals surface area (Å²) in [5, 5.41) is 3.41. The van der Waals surface area contributed by atoms with Crippen LogP contribution in [0.5, 0.6) is 0 Å². The van der Waals surface area contributed by atoms with E-state index in [0.29, 0.717) is 24.3 Å². The Balaban J connectivity index is 2.39. The summed E-state index contributed by atoms with van der Waals surface area (Å²) in [6.45, 7) is 10.6. The molecule has 0 unspecified atom stereocenters. The van der Waals surface area contributed by atoms with Gasteiger partial charge in [-0.3, -0.25) is 0 Å². The molecule has 0 radical (unpaired) electrons. The summed E-state index contributed by atoms with van der Waals surface area (Å²) >= 11 is 0. The molecule has 0 saturated heterocycles. The zero-order valence-corrected chi connectivity index (χ0v) is 14.4. The minimum atomic E-state index is 0.582. The van der Waals surface area contributed by atoms with Crippen LogP contribution in [-0.2, 0) is 12.8 Å². The molecular formula is C18H25N5. The summed E-state index contributed by atoms with van der Waals surface area (Å²) in [6.07, 6.45) is 3.75. The van der Waals surface area contributed by atoms with Gasteiger partial charge in [0.05, 0.1) is 0 Å². The molecule has 5 nitrogen and oxygen atoms in total. The van der Waals surface area contributed by atoms with Crippen molar-refractivity contribution in [3.05, 3.63) is 47.8 Å². The van der Waals surface area contributed by atoms with Gasteiger partial charge in [0.1, 0.15) is 5.82 Å². The highest BCUT2D eigenvalue weighted by Crippen LogP contribution is 2.25. The van der Waals surface area contributed by atoms with Crippen molar-refractivity contribution in [3.63, 3.8) is 0 Å². The Morgan fingerprint density at radius 2 is 1.78 bits per heavy atom. The van der Waals surface area contributed by atoms with Crippen molar-refractivity contribution in [2.24, 2.45) is 0 Å². The SMILES string of the molecule is C=CCN(C)c1nc(C)nc(Nc2c(CC)cccc2CC)n1. The lowest BCUT2D eigenvalue weighted by atomic mass is 10.0. The third-order valence-corrected chi connectivity index (χ3v) is 3.72. The first-order chi connectivity index (χ1) is 11.1. The van der Waals surface area contributed by atoms with E-state index in [4.69, 9.17) is 0 Å². The van der Waals surface area contributed by atoms with Crippen LogP contribution in [0, 0.1) is 6.92 Å². The van der Waals surface area contributed by atoms with Gasteiger partial charge < -0.3 is 10.2 Å². The molecule has 0 amide bonds. The molecule has 1 N–H and O–H groups in total. The van der Waals surface area contributed by atoms with Crippen LogP contribution < -0.4 is 10.2 Å². The second-order valence-corrected chi connectivity index (χ2v) is 5.46. The number of anilines is 3. The number of aryl methyl sites for hydroxylation is 3. The molecule has 0 aliphatic heterocycles. The average molecular weight is 311 g/mol. The van der Waals surface area contributed by atoms with Gasteiger partial charge in [-0.15, -0.1) is 6.58 Å². The molecule has 0 fully saturated rings. The maximum atomic E-state index is 4.54. The predicted molar refractivity (Wildman–Crippen MR) is 96.5 cm³/mol. The van der Waals surface area contributed by atoms with Crippen molar-refractivity contribution in [2.45, 2.75) is 33.6 Å². The van der Waals surface area contributed by atoms with Crippen LogP contribution >= 0.6 is 0 Å². The van der Waals surface area contributed by atoms with Crippen LogP contribution in [0.1, 0.15) is 30.8 Å². The van der Waals surface area contributed by atoms with Crippen LogP contribution in [0.25, 0.3) is 0 Å². The first kappa shape index (κ1) is 16.9. The molecule has 122 valence electrons. The second-order valence-electron chi connectivity index (χ2n) is 5.46. The normalized spacial score (nSPS) is 10.4. The number of likely N-dealkylation sites (N-methyl/N-ethyl adjacent to an activating group) is 1. The summed E-state index contributed by atoms with van der Waals surface area (Å²) in [5.41, 5.74) is 3.65. The van der Waals surface area contributed by atoms with Crippen molar-refractivity contribution >= 4 is 17.6 Å². The van der Waals surface area contributed by atoms with Gasteiger partial charge >= 0.3 is 0 Å². The lowest BCUT2D eigenvalue weighted by Gasteiger charge is -2.18. The average Bonchev–Trinajstić information content (AvgIpc) is 2.54. The minimum Gasteiger partial charge on any atom is -0.340 e. The number of hydrogen-bond acceptors (Lipinski definition) is 5. The van der Waals surface area contributed by atoms with Gasteiger partial charge in [0.2, 0.25) is 11.9 Å². The molecule has 2 rings (SSSR count). The first-order valence-electron chi connectivity index (χ1n) is 8.01. The van der Waals surface area contributed by atoms with Crippen molar-refractivity contribution in [3.8, 4) is 0 Å². The number of hydrogen-bond donors (Lipinski definition) is 1. The van der Waals surface area contributed by atoms with E-state index in [9.17, 15) is 0 Å². The summed E-state index contributed by atoms with van der Waals surface area (Å²) in [7, 11) is 1.94. The zero-order chi connectivity index (χ0) is 16.8. The van der Waals surface area contributed by atoms with Gasteiger partial charge in [0.25, 0.3) is 0 Å². The third-order valence-electron chi connectivity index (χ3n) is 3.72. The molecule has 0 aliphatic rings. The Kier molecular flexibility index (Phi) is 5.68. The van der Waals surface area contributed by atoms with Gasteiger partial charge in [-0.25, -0.2) is 0 Å². The summed E-state index contributed by atoms with van der Waals surface area (Å²) in [5.74, 6) is 1.92. The lowest BCUT2D eigenvalue weighted by Crippen LogP contribution is -2.21. The molecule has 0 bridgehead atoms. The minimum absolute atomic E-state index is 0.582. The van der Waals surface area contributed by atoms with Crippen molar-refractivity contribution in [1.82, 2.24) is 15.0 Å². The van der Waals surface area contributed by atoms with Gasteiger partial charge in [0.15, 0.2) is 0 Å². The van der Waals surface area contributed by atoms with E-state index in [1.807, 2.05) is 24.9 Å². The maximum Gasteiger partial charge on any atom is 0.232 e. The van der Waals surface area contributed by atoms with E-state index in [1.54, 1.807) is 0 Å². The van der Waals surface area contributed by atoms with E-state index in [1.165, 1.54) is 11.1 Å². The van der Waals surface area contributed by atoms with Crippen molar-refractivity contribution in [1.29, 1.82) is 0 Å². The largest absolute Gasteiger partial charge is 0.340 e. The highest BCUT2D eigenvalue weighted by atomic mass is 15.3. The zero-order valence-electron chi connectivity index (χ0n) is 14.4. The number of benzene rings is 1. The molecule has 0 atom stereocenters. The molecule has 0 saturated carbocycles. The molecule has 1 aromatic heterocycles. The van der Waals surface area contributed by atoms with Crippen LogP contribution in [0.15, 0.2) is 30.9 Å². The fourth-order valence-corrected chi connectivity index (χ4v) is 2.48. The van der Waals surface area contributed by atoms with Crippen LogP contribution in [0.4, 0.5) is 17.6 Å². The number of rotatable bonds is 7. The van der Waals surface area contributed by atoms with E-state index in [-0.39, 0.29) is 0 Å². The maximum absolute atomic E-state index is 4.54. The Bertz CT molecular complexity index is 659. The van der Waals surface area contributed by atoms with Crippen molar-refractivity contribution in [2.75, 3.05) is 23.8 Å². The highest BCUT2D eigenvalue weighted by Gasteiger charge is 2.11. The van der Waals surface area contributed by atoms with E-state index in [0.717, 1.165) is 18.5 Å². The molecule has 2 aromatic rings. The monoisotopic (exact) mass is 311 g/mol. The van der Waals surface area contributed by atoms with E-state index in [2.05, 4.69) is 58.9 Å². The molecule has 0 aliphatic carbocycles. The standard InChI is InChI=1S/C18H25N5/c1-6-12-23(5)18-20-13(4)19-17(22-18)21-16-14(7-2)10-9-11-15(16)8-3/h6,9-11H,1,7-8,12H2,2-5H3,(H,19,20,21,22). The smallest absolute Gasteiger partial charge is 0.232 e.